The van der Waals surface area contributed by atoms with Gasteiger partial charge in [-0.1, -0.05) is 19.9 Å². The number of hydrogen-bond acceptors (Lipinski definition) is 6. The van der Waals surface area contributed by atoms with E-state index in [1.165, 1.54) is 22.3 Å². The predicted octanol–water partition coefficient (Wildman–Crippen LogP) is 6.68. The van der Waals surface area contributed by atoms with Crippen molar-refractivity contribution in [2.45, 2.75) is 79.2 Å². The molecule has 7 nitrogen and oxygen atoms in total. The number of fused-ring (bicyclic) bond motifs is 1. The maximum absolute atomic E-state index is 5.99. The van der Waals surface area contributed by atoms with Gasteiger partial charge in [-0.2, -0.15) is 4.98 Å². The summed E-state index contributed by atoms with van der Waals surface area (Å²) in [4.78, 5) is 21.5. The van der Waals surface area contributed by atoms with Gasteiger partial charge in [0, 0.05) is 37.9 Å². The maximum Gasteiger partial charge on any atom is 0.227 e. The van der Waals surface area contributed by atoms with Crippen LogP contribution in [0.25, 0.3) is 11.2 Å². The standard InChI is InChI=1S/C32H42N6O/c1-7-39-29-16-23(6)26(18-27(29)21(2)3)19-28-30-31(34-20-38(30)22(4)5)36-32(35-28)37-14-10-25(11-15-37)17-24-8-12-33-13-9-24/h8-9,12-13,16,18,20-22,25H,7,10-11,14-15,17,19H2,1-6H3. The molecule has 1 aromatic carbocycles. The summed E-state index contributed by atoms with van der Waals surface area (Å²) in [5, 5.41) is 0. The highest BCUT2D eigenvalue weighted by Crippen LogP contribution is 2.33. The molecule has 3 aromatic heterocycles. The number of imidazole rings is 1. The number of aryl methyl sites for hydroxylation is 1. The van der Waals surface area contributed by atoms with E-state index in [9.17, 15) is 0 Å². The van der Waals surface area contributed by atoms with Gasteiger partial charge in [0.2, 0.25) is 5.95 Å². The van der Waals surface area contributed by atoms with Crippen LogP contribution in [0.3, 0.4) is 0 Å². The first-order chi connectivity index (χ1) is 18.8. The van der Waals surface area contributed by atoms with Crippen LogP contribution in [0.15, 0.2) is 43.0 Å². The minimum atomic E-state index is 0.278. The van der Waals surface area contributed by atoms with Crippen LogP contribution in [-0.4, -0.2) is 44.2 Å². The summed E-state index contributed by atoms with van der Waals surface area (Å²) in [6, 6.07) is 9.06. The molecule has 4 aromatic rings. The van der Waals surface area contributed by atoms with Crippen LogP contribution in [0.2, 0.25) is 0 Å². The van der Waals surface area contributed by atoms with Gasteiger partial charge in [0.05, 0.1) is 18.6 Å². The van der Waals surface area contributed by atoms with Crippen LogP contribution in [0.4, 0.5) is 5.95 Å². The Kier molecular flexibility index (Phi) is 8.15. The smallest absolute Gasteiger partial charge is 0.227 e. The molecule has 0 spiro atoms. The van der Waals surface area contributed by atoms with E-state index < -0.39 is 0 Å². The Balaban J connectivity index is 1.45. The van der Waals surface area contributed by atoms with E-state index in [4.69, 9.17) is 19.7 Å². The highest BCUT2D eigenvalue weighted by atomic mass is 16.5. The van der Waals surface area contributed by atoms with Crippen molar-refractivity contribution in [3.05, 3.63) is 70.9 Å². The van der Waals surface area contributed by atoms with Gasteiger partial charge < -0.3 is 14.2 Å². The highest BCUT2D eigenvalue weighted by molar-refractivity contribution is 5.76. The van der Waals surface area contributed by atoms with Crippen molar-refractivity contribution < 1.29 is 4.74 Å². The second-order valence-electron chi connectivity index (χ2n) is 11.5. The molecule has 0 radical (unpaired) electrons. The number of pyridine rings is 1. The molecule has 1 fully saturated rings. The van der Waals surface area contributed by atoms with E-state index in [-0.39, 0.29) is 6.04 Å². The Morgan fingerprint density at radius 3 is 2.44 bits per heavy atom. The Hall–Kier alpha value is -3.48. The van der Waals surface area contributed by atoms with Crippen LogP contribution in [0.5, 0.6) is 5.75 Å². The molecule has 0 unspecified atom stereocenters. The normalized spacial score (nSPS) is 14.6. The van der Waals surface area contributed by atoms with Gasteiger partial charge in [-0.3, -0.25) is 4.98 Å². The van der Waals surface area contributed by atoms with Gasteiger partial charge in [0.1, 0.15) is 11.3 Å². The number of benzene rings is 1. The van der Waals surface area contributed by atoms with Crippen LogP contribution >= 0.6 is 0 Å². The fourth-order valence-electron chi connectivity index (χ4n) is 5.70. The molecule has 0 atom stereocenters. The Labute approximate surface area is 232 Å². The minimum Gasteiger partial charge on any atom is -0.494 e. The highest BCUT2D eigenvalue weighted by Gasteiger charge is 2.24. The summed E-state index contributed by atoms with van der Waals surface area (Å²) < 4.78 is 8.20. The third-order valence-corrected chi connectivity index (χ3v) is 7.96. The van der Waals surface area contributed by atoms with E-state index in [0.717, 1.165) is 67.3 Å². The molecule has 0 aliphatic carbocycles. The molecule has 0 N–H and O–H groups in total. The third-order valence-electron chi connectivity index (χ3n) is 7.96. The number of aromatic nitrogens is 5. The number of anilines is 1. The van der Waals surface area contributed by atoms with Gasteiger partial charge in [-0.25, -0.2) is 9.97 Å². The van der Waals surface area contributed by atoms with Crippen molar-refractivity contribution in [2.24, 2.45) is 5.92 Å². The first-order valence-corrected chi connectivity index (χ1v) is 14.5. The van der Waals surface area contributed by atoms with E-state index in [0.29, 0.717) is 18.4 Å². The molecular weight excluding hydrogens is 484 g/mol. The fourth-order valence-corrected chi connectivity index (χ4v) is 5.70. The van der Waals surface area contributed by atoms with Crippen LogP contribution in [0, 0.1) is 12.8 Å². The van der Waals surface area contributed by atoms with Crippen molar-refractivity contribution in [1.29, 1.82) is 0 Å². The lowest BCUT2D eigenvalue weighted by molar-refractivity contribution is 0.335. The number of rotatable bonds is 9. The lowest BCUT2D eigenvalue weighted by Gasteiger charge is -2.32. The van der Waals surface area contributed by atoms with E-state index >= 15 is 0 Å². The molecular formula is C32H42N6O. The van der Waals surface area contributed by atoms with Crippen molar-refractivity contribution in [2.75, 3.05) is 24.6 Å². The van der Waals surface area contributed by atoms with E-state index in [2.05, 4.69) is 73.3 Å². The number of ether oxygens (including phenoxy) is 1. The van der Waals surface area contributed by atoms with Crippen molar-refractivity contribution >= 4 is 17.1 Å². The minimum absolute atomic E-state index is 0.278. The summed E-state index contributed by atoms with van der Waals surface area (Å²) in [5.41, 5.74) is 7.99. The number of nitrogens with zero attached hydrogens (tertiary/aromatic N) is 6. The van der Waals surface area contributed by atoms with Gasteiger partial charge >= 0.3 is 0 Å². The Bertz CT molecular complexity index is 1400. The molecule has 5 rings (SSSR count). The van der Waals surface area contributed by atoms with E-state index in [1.807, 2.05) is 25.6 Å². The molecule has 1 aliphatic rings. The van der Waals surface area contributed by atoms with Gasteiger partial charge in [0.25, 0.3) is 0 Å². The molecule has 1 saturated heterocycles. The van der Waals surface area contributed by atoms with E-state index in [1.54, 1.807) is 0 Å². The predicted molar refractivity (Wildman–Crippen MR) is 158 cm³/mol. The van der Waals surface area contributed by atoms with Gasteiger partial charge in [-0.15, -0.1) is 0 Å². The number of piperidine rings is 1. The topological polar surface area (TPSA) is 69.0 Å². The summed E-state index contributed by atoms with van der Waals surface area (Å²) in [6.07, 6.45) is 9.81. The van der Waals surface area contributed by atoms with Crippen molar-refractivity contribution in [3.8, 4) is 5.75 Å². The molecule has 1 aliphatic heterocycles. The van der Waals surface area contributed by atoms with Crippen molar-refractivity contribution in [1.82, 2.24) is 24.5 Å². The average Bonchev–Trinajstić information content (AvgIpc) is 3.36. The summed E-state index contributed by atoms with van der Waals surface area (Å²) in [6.45, 7) is 15.6. The monoisotopic (exact) mass is 526 g/mol. The SMILES string of the molecule is CCOc1cc(C)c(Cc2nc(N3CCC(Cc4ccncc4)CC3)nc3ncn(C(C)C)c23)cc1C(C)C. The summed E-state index contributed by atoms with van der Waals surface area (Å²) in [7, 11) is 0. The third kappa shape index (κ3) is 5.92. The molecule has 206 valence electrons. The Morgan fingerprint density at radius 1 is 1.03 bits per heavy atom. The zero-order chi connectivity index (χ0) is 27.5. The van der Waals surface area contributed by atoms with Gasteiger partial charge in [-0.05, 0) is 99.2 Å². The van der Waals surface area contributed by atoms with Crippen LogP contribution < -0.4 is 9.64 Å². The maximum atomic E-state index is 5.99. The summed E-state index contributed by atoms with van der Waals surface area (Å²) in [5.74, 6) is 2.85. The largest absolute Gasteiger partial charge is 0.494 e. The molecule has 39 heavy (non-hydrogen) atoms. The second kappa shape index (κ2) is 11.7. The van der Waals surface area contributed by atoms with Gasteiger partial charge in [0.15, 0.2) is 5.65 Å². The first kappa shape index (κ1) is 27.1. The zero-order valence-electron chi connectivity index (χ0n) is 24.3. The molecule has 0 bridgehead atoms. The molecule has 0 saturated carbocycles. The zero-order valence-corrected chi connectivity index (χ0v) is 24.3. The lowest BCUT2D eigenvalue weighted by atomic mass is 9.90. The number of hydrogen-bond donors (Lipinski definition) is 0. The molecule has 7 heteroatoms. The quantitative estimate of drug-likeness (QED) is 0.242. The molecule has 0 amide bonds. The Morgan fingerprint density at radius 2 is 1.77 bits per heavy atom. The second-order valence-corrected chi connectivity index (χ2v) is 11.5. The lowest BCUT2D eigenvalue weighted by Crippen LogP contribution is -2.35. The first-order valence-electron chi connectivity index (χ1n) is 14.5. The van der Waals surface area contributed by atoms with Crippen LogP contribution in [0.1, 0.15) is 87.4 Å². The fraction of sp³-hybridized carbons (Fsp3) is 0.500. The van der Waals surface area contributed by atoms with Crippen molar-refractivity contribution in [3.63, 3.8) is 0 Å². The average molecular weight is 527 g/mol. The molecule has 4 heterocycles. The summed E-state index contributed by atoms with van der Waals surface area (Å²) >= 11 is 0. The van der Waals surface area contributed by atoms with Crippen LogP contribution in [-0.2, 0) is 12.8 Å².